The van der Waals surface area contributed by atoms with Crippen molar-refractivity contribution in [2.45, 2.75) is 44.9 Å². The van der Waals surface area contributed by atoms with E-state index in [2.05, 4.69) is 15.9 Å². The first-order chi connectivity index (χ1) is 7.24. The van der Waals surface area contributed by atoms with E-state index >= 15 is 0 Å². The second-order valence-electron chi connectivity index (χ2n) is 4.55. The van der Waals surface area contributed by atoms with Gasteiger partial charge in [-0.15, -0.1) is 0 Å². The van der Waals surface area contributed by atoms with Crippen LogP contribution in [0.5, 0.6) is 0 Å². The number of nitrogens with zero attached hydrogens (tertiary/aromatic N) is 1. The first kappa shape index (κ1) is 13.0. The standard InChI is InChI=1S/C12H22BrNO/c1-14(10-9-13)12(15)8-7-11-5-3-2-4-6-11/h11H,2-10H2,1H3. The fourth-order valence-corrected chi connectivity index (χ4v) is 2.78. The van der Waals surface area contributed by atoms with Gasteiger partial charge in [0.2, 0.25) is 5.91 Å². The van der Waals surface area contributed by atoms with Crippen molar-refractivity contribution >= 4 is 21.8 Å². The maximum absolute atomic E-state index is 11.7. The molecule has 0 unspecified atom stereocenters. The van der Waals surface area contributed by atoms with Gasteiger partial charge in [-0.3, -0.25) is 4.79 Å². The van der Waals surface area contributed by atoms with Crippen LogP contribution in [0.4, 0.5) is 0 Å². The molecule has 0 spiro atoms. The highest BCUT2D eigenvalue weighted by Gasteiger charge is 2.16. The molecule has 0 aromatic heterocycles. The van der Waals surface area contributed by atoms with E-state index in [-0.39, 0.29) is 0 Å². The summed E-state index contributed by atoms with van der Waals surface area (Å²) in [6.45, 7) is 0.823. The lowest BCUT2D eigenvalue weighted by atomic mass is 9.86. The van der Waals surface area contributed by atoms with Gasteiger partial charge in [0.15, 0.2) is 0 Å². The summed E-state index contributed by atoms with van der Waals surface area (Å²) in [5, 5.41) is 0.874. The lowest BCUT2D eigenvalue weighted by Crippen LogP contribution is -2.28. The van der Waals surface area contributed by atoms with Gasteiger partial charge >= 0.3 is 0 Å². The molecule has 0 radical (unpaired) electrons. The zero-order chi connectivity index (χ0) is 11.1. The van der Waals surface area contributed by atoms with Crippen LogP contribution in [0, 0.1) is 5.92 Å². The van der Waals surface area contributed by atoms with Gasteiger partial charge in [0.1, 0.15) is 0 Å². The van der Waals surface area contributed by atoms with E-state index in [0.717, 1.165) is 30.6 Å². The van der Waals surface area contributed by atoms with Crippen LogP contribution in [0.1, 0.15) is 44.9 Å². The van der Waals surface area contributed by atoms with Gasteiger partial charge < -0.3 is 4.90 Å². The molecule has 0 aromatic carbocycles. The predicted molar refractivity (Wildman–Crippen MR) is 67.2 cm³/mol. The Hall–Kier alpha value is -0.0500. The van der Waals surface area contributed by atoms with Crippen LogP contribution in [0.2, 0.25) is 0 Å². The Bertz CT molecular complexity index is 190. The van der Waals surface area contributed by atoms with E-state index in [9.17, 15) is 4.79 Å². The fourth-order valence-electron chi connectivity index (χ4n) is 2.25. The molecule has 1 amide bonds. The van der Waals surface area contributed by atoms with Crippen LogP contribution in [0.3, 0.4) is 0 Å². The van der Waals surface area contributed by atoms with Gasteiger partial charge in [-0.1, -0.05) is 48.0 Å². The second-order valence-corrected chi connectivity index (χ2v) is 5.34. The maximum Gasteiger partial charge on any atom is 0.222 e. The lowest BCUT2D eigenvalue weighted by molar-refractivity contribution is -0.130. The summed E-state index contributed by atoms with van der Waals surface area (Å²) in [7, 11) is 1.89. The molecule has 0 atom stereocenters. The van der Waals surface area contributed by atoms with E-state index in [1.165, 1.54) is 32.1 Å². The first-order valence-electron chi connectivity index (χ1n) is 6.04. The third-order valence-corrected chi connectivity index (χ3v) is 3.69. The van der Waals surface area contributed by atoms with E-state index < -0.39 is 0 Å². The van der Waals surface area contributed by atoms with Crippen molar-refractivity contribution in [2.75, 3.05) is 18.9 Å². The van der Waals surface area contributed by atoms with Crippen LogP contribution < -0.4 is 0 Å². The van der Waals surface area contributed by atoms with Crippen molar-refractivity contribution in [3.05, 3.63) is 0 Å². The fraction of sp³-hybridized carbons (Fsp3) is 0.917. The Kier molecular flexibility index (Phi) is 6.30. The molecule has 1 aliphatic rings. The molecule has 1 rings (SSSR count). The van der Waals surface area contributed by atoms with E-state index in [1.54, 1.807) is 0 Å². The van der Waals surface area contributed by atoms with Crippen molar-refractivity contribution in [2.24, 2.45) is 5.92 Å². The molecule has 0 aromatic rings. The molecule has 0 bridgehead atoms. The Morgan fingerprint density at radius 3 is 2.60 bits per heavy atom. The van der Waals surface area contributed by atoms with Gasteiger partial charge in [-0.05, 0) is 12.3 Å². The summed E-state index contributed by atoms with van der Waals surface area (Å²) < 4.78 is 0. The van der Waals surface area contributed by atoms with Crippen molar-refractivity contribution in [3.8, 4) is 0 Å². The molecule has 3 heteroatoms. The van der Waals surface area contributed by atoms with Crippen LogP contribution >= 0.6 is 15.9 Å². The zero-order valence-electron chi connectivity index (χ0n) is 9.67. The monoisotopic (exact) mass is 275 g/mol. The molecule has 2 nitrogen and oxygen atoms in total. The summed E-state index contributed by atoms with van der Waals surface area (Å²) in [4.78, 5) is 13.5. The largest absolute Gasteiger partial charge is 0.345 e. The average Bonchev–Trinajstić information content (AvgIpc) is 2.27. The first-order valence-corrected chi connectivity index (χ1v) is 7.16. The number of halogens is 1. The van der Waals surface area contributed by atoms with Crippen LogP contribution in [0.25, 0.3) is 0 Å². The molecular weight excluding hydrogens is 254 g/mol. The molecular formula is C12H22BrNO. The number of rotatable bonds is 5. The lowest BCUT2D eigenvalue weighted by Gasteiger charge is -2.22. The number of hydrogen-bond acceptors (Lipinski definition) is 1. The normalized spacial score (nSPS) is 17.7. The molecule has 1 saturated carbocycles. The minimum atomic E-state index is 0.306. The summed E-state index contributed by atoms with van der Waals surface area (Å²) in [5.74, 6) is 1.13. The molecule has 88 valence electrons. The Labute approximate surface area is 102 Å². The number of alkyl halides is 1. The van der Waals surface area contributed by atoms with Gasteiger partial charge in [-0.2, -0.15) is 0 Å². The molecule has 1 fully saturated rings. The summed E-state index contributed by atoms with van der Waals surface area (Å²) in [5.41, 5.74) is 0. The van der Waals surface area contributed by atoms with Crippen LogP contribution in [0.15, 0.2) is 0 Å². The molecule has 1 aliphatic carbocycles. The van der Waals surface area contributed by atoms with Crippen molar-refractivity contribution in [3.63, 3.8) is 0 Å². The Balaban J connectivity index is 2.14. The Morgan fingerprint density at radius 2 is 2.00 bits per heavy atom. The maximum atomic E-state index is 11.7. The average molecular weight is 276 g/mol. The van der Waals surface area contributed by atoms with E-state index in [4.69, 9.17) is 0 Å². The van der Waals surface area contributed by atoms with Crippen molar-refractivity contribution in [1.29, 1.82) is 0 Å². The Morgan fingerprint density at radius 1 is 1.33 bits per heavy atom. The predicted octanol–water partition coefficient (Wildman–Crippen LogP) is 3.20. The highest BCUT2D eigenvalue weighted by atomic mass is 79.9. The number of hydrogen-bond donors (Lipinski definition) is 0. The minimum Gasteiger partial charge on any atom is -0.345 e. The van der Waals surface area contributed by atoms with Gasteiger partial charge in [0.05, 0.1) is 0 Å². The summed E-state index contributed by atoms with van der Waals surface area (Å²) in [6.07, 6.45) is 8.67. The van der Waals surface area contributed by atoms with E-state index in [0.29, 0.717) is 5.91 Å². The van der Waals surface area contributed by atoms with Crippen molar-refractivity contribution < 1.29 is 4.79 Å². The van der Waals surface area contributed by atoms with Crippen molar-refractivity contribution in [1.82, 2.24) is 4.90 Å². The van der Waals surface area contributed by atoms with Crippen LogP contribution in [-0.2, 0) is 4.79 Å². The zero-order valence-corrected chi connectivity index (χ0v) is 11.3. The molecule has 15 heavy (non-hydrogen) atoms. The number of carbonyl (C=O) groups is 1. The third-order valence-electron chi connectivity index (χ3n) is 3.34. The molecule has 0 heterocycles. The topological polar surface area (TPSA) is 20.3 Å². The minimum absolute atomic E-state index is 0.306. The highest BCUT2D eigenvalue weighted by Crippen LogP contribution is 2.27. The SMILES string of the molecule is CN(CCBr)C(=O)CCC1CCCCC1. The summed E-state index contributed by atoms with van der Waals surface area (Å²) >= 11 is 3.35. The van der Waals surface area contributed by atoms with Crippen LogP contribution in [-0.4, -0.2) is 29.7 Å². The van der Waals surface area contributed by atoms with E-state index in [1.807, 2.05) is 11.9 Å². The highest BCUT2D eigenvalue weighted by molar-refractivity contribution is 9.09. The van der Waals surface area contributed by atoms with Gasteiger partial charge in [0.25, 0.3) is 0 Å². The number of amides is 1. The number of carbonyl (C=O) groups excluding carboxylic acids is 1. The summed E-state index contributed by atoms with van der Waals surface area (Å²) in [6, 6.07) is 0. The molecule has 0 N–H and O–H groups in total. The quantitative estimate of drug-likeness (QED) is 0.706. The third kappa shape index (κ3) is 5.01. The van der Waals surface area contributed by atoms with Gasteiger partial charge in [-0.25, -0.2) is 0 Å². The smallest absolute Gasteiger partial charge is 0.222 e. The second kappa shape index (κ2) is 7.26. The molecule has 0 aliphatic heterocycles. The molecule has 0 saturated heterocycles. The van der Waals surface area contributed by atoms with Gasteiger partial charge in [0, 0.05) is 25.3 Å².